The van der Waals surface area contributed by atoms with Crippen molar-refractivity contribution < 1.29 is 8.83 Å². The Labute approximate surface area is 410 Å². The Kier molecular flexibility index (Phi) is 8.04. The summed E-state index contributed by atoms with van der Waals surface area (Å²) in [5, 5.41) is 13.3. The third kappa shape index (κ3) is 5.70. The van der Waals surface area contributed by atoms with E-state index in [1.165, 1.54) is 5.39 Å². The second-order valence-electron chi connectivity index (χ2n) is 18.7. The molecule has 7 nitrogen and oxygen atoms in total. The van der Waals surface area contributed by atoms with Gasteiger partial charge in [0.1, 0.15) is 22.3 Å². The average Bonchev–Trinajstić information content (AvgIpc) is 4.19. The Balaban J connectivity index is 1.02. The molecule has 0 saturated heterocycles. The molecule has 0 fully saturated rings. The van der Waals surface area contributed by atoms with Crippen LogP contribution in [-0.4, -0.2) is 24.1 Å². The van der Waals surface area contributed by atoms with E-state index in [2.05, 4.69) is 203 Å². The van der Waals surface area contributed by atoms with Crippen molar-refractivity contribution >= 4 is 109 Å². The number of rotatable bonds is 5. The van der Waals surface area contributed by atoms with E-state index in [9.17, 15) is 0 Å². The minimum atomic E-state index is 0.532. The number of aromatic nitrogens is 5. The highest BCUT2D eigenvalue weighted by Crippen LogP contribution is 2.44. The van der Waals surface area contributed by atoms with Crippen molar-refractivity contribution in [2.24, 2.45) is 0 Å². The highest BCUT2D eigenvalue weighted by molar-refractivity contribution is 6.21. The van der Waals surface area contributed by atoms with Crippen LogP contribution >= 0.6 is 0 Å². The van der Waals surface area contributed by atoms with Crippen molar-refractivity contribution in [2.75, 3.05) is 0 Å². The molecule has 0 unspecified atom stereocenters. The zero-order chi connectivity index (χ0) is 47.0. The normalized spacial score (nSPS) is 12.2. The first-order valence-electron chi connectivity index (χ1n) is 24.2. The molecule has 72 heavy (non-hydrogen) atoms. The third-order valence-electron chi connectivity index (χ3n) is 14.7. The van der Waals surface area contributed by atoms with Gasteiger partial charge in [-0.15, -0.1) is 0 Å². The second kappa shape index (κ2) is 14.8. The molecule has 16 aromatic rings. The van der Waals surface area contributed by atoms with Gasteiger partial charge in [-0.2, -0.15) is 0 Å². The molecule has 0 amide bonds. The fourth-order valence-corrected chi connectivity index (χ4v) is 11.4. The fraction of sp³-hybridized carbons (Fsp3) is 0. The maximum atomic E-state index is 6.75. The van der Waals surface area contributed by atoms with Crippen LogP contribution in [0.2, 0.25) is 0 Å². The molecule has 0 aliphatic carbocycles. The van der Waals surface area contributed by atoms with Crippen LogP contribution in [0.1, 0.15) is 0 Å². The lowest BCUT2D eigenvalue weighted by atomic mass is 10.0. The molecule has 334 valence electrons. The van der Waals surface area contributed by atoms with Gasteiger partial charge in [0.2, 0.25) is 0 Å². The maximum Gasteiger partial charge on any atom is 0.166 e. The Morgan fingerprint density at radius 2 is 0.847 bits per heavy atom. The van der Waals surface area contributed by atoms with Gasteiger partial charge in [-0.3, -0.25) is 0 Å². The average molecular weight is 920 g/mol. The van der Waals surface area contributed by atoms with Crippen LogP contribution in [0.25, 0.3) is 155 Å². The van der Waals surface area contributed by atoms with Gasteiger partial charge in [0, 0.05) is 76.9 Å². The number of benzene rings is 11. The largest absolute Gasteiger partial charge is 0.456 e. The van der Waals surface area contributed by atoms with Crippen LogP contribution in [0.4, 0.5) is 0 Å². The predicted molar refractivity (Wildman–Crippen MR) is 294 cm³/mol. The number of furan rings is 2. The molecule has 0 N–H and O–H groups in total. The lowest BCUT2D eigenvalue weighted by Gasteiger charge is -2.16. The molecule has 0 radical (unpaired) electrons. The van der Waals surface area contributed by atoms with Crippen molar-refractivity contribution in [2.45, 2.75) is 0 Å². The van der Waals surface area contributed by atoms with Crippen LogP contribution < -0.4 is 0 Å². The molecule has 11 aromatic carbocycles. The molecule has 0 atom stereocenters. The summed E-state index contributed by atoms with van der Waals surface area (Å²) in [5.74, 6) is 1.62. The van der Waals surface area contributed by atoms with Crippen molar-refractivity contribution in [3.8, 4) is 45.5 Å². The molecule has 5 aromatic heterocycles. The van der Waals surface area contributed by atoms with Crippen LogP contribution in [0, 0.1) is 0 Å². The Bertz CT molecular complexity index is 4940. The zero-order valence-corrected chi connectivity index (χ0v) is 38.4. The van der Waals surface area contributed by atoms with E-state index in [0.717, 1.165) is 132 Å². The molecular weight excluding hydrogens is 883 g/mol. The van der Waals surface area contributed by atoms with E-state index in [0.29, 0.717) is 17.5 Å². The molecule has 0 bridgehead atoms. The number of hydrogen-bond donors (Lipinski definition) is 0. The molecule has 0 aliphatic heterocycles. The highest BCUT2D eigenvalue weighted by atomic mass is 16.3. The van der Waals surface area contributed by atoms with Crippen LogP contribution in [0.5, 0.6) is 0 Å². The van der Waals surface area contributed by atoms with Crippen LogP contribution in [0.3, 0.4) is 0 Å². The Morgan fingerprint density at radius 1 is 0.292 bits per heavy atom. The van der Waals surface area contributed by atoms with E-state index in [-0.39, 0.29) is 0 Å². The van der Waals surface area contributed by atoms with E-state index in [1.54, 1.807) is 0 Å². The van der Waals surface area contributed by atoms with E-state index in [4.69, 9.17) is 23.8 Å². The Morgan fingerprint density at radius 3 is 1.64 bits per heavy atom. The van der Waals surface area contributed by atoms with Crippen LogP contribution in [-0.2, 0) is 0 Å². The van der Waals surface area contributed by atoms with Crippen molar-refractivity contribution in [3.05, 3.63) is 224 Å². The molecule has 0 aliphatic rings. The minimum Gasteiger partial charge on any atom is -0.456 e. The molecule has 0 spiro atoms. The zero-order valence-electron chi connectivity index (χ0n) is 38.4. The van der Waals surface area contributed by atoms with Gasteiger partial charge in [0.05, 0.1) is 27.8 Å². The molecule has 7 heteroatoms. The summed E-state index contributed by atoms with van der Waals surface area (Å²) in [6.07, 6.45) is 0. The van der Waals surface area contributed by atoms with Gasteiger partial charge in [0.25, 0.3) is 0 Å². The minimum absolute atomic E-state index is 0.532. The summed E-state index contributed by atoms with van der Waals surface area (Å²) in [4.78, 5) is 16.5. The second-order valence-corrected chi connectivity index (χ2v) is 18.7. The third-order valence-corrected chi connectivity index (χ3v) is 14.7. The summed E-state index contributed by atoms with van der Waals surface area (Å²) in [7, 11) is 0. The molecule has 0 saturated carbocycles. The van der Waals surface area contributed by atoms with Gasteiger partial charge in [-0.25, -0.2) is 15.0 Å². The van der Waals surface area contributed by atoms with E-state index in [1.807, 2.05) is 30.3 Å². The van der Waals surface area contributed by atoms with Gasteiger partial charge >= 0.3 is 0 Å². The quantitative estimate of drug-likeness (QED) is 0.172. The van der Waals surface area contributed by atoms with Crippen molar-refractivity contribution in [1.82, 2.24) is 24.1 Å². The standard InChI is InChI=1S/C65H37N5O2/c1-2-17-43(18-3-1)69-54-23-11-8-20-45(54)50-33-41(28-31-55(50)69)63-66-64(42-27-29-48-46-21-9-12-24-58(46)71-60(48)35-42)68-65(67-63)53-36-52-47-22-10-13-25-59(47)72-61(52)37-57(53)70-56-34-40-16-5-4-15-39(40)32-51(56)49-30-26-38-14-6-7-19-44(38)62(49)70/h1-37H. The molecule has 5 heterocycles. The van der Waals surface area contributed by atoms with Crippen molar-refractivity contribution in [1.29, 1.82) is 0 Å². The van der Waals surface area contributed by atoms with Crippen molar-refractivity contribution in [3.63, 3.8) is 0 Å². The number of fused-ring (bicyclic) bond motifs is 15. The predicted octanol–water partition coefficient (Wildman–Crippen LogP) is 17.2. The lowest BCUT2D eigenvalue weighted by Crippen LogP contribution is -2.04. The number of hydrogen-bond acceptors (Lipinski definition) is 5. The summed E-state index contributed by atoms with van der Waals surface area (Å²) in [6.45, 7) is 0. The highest BCUT2D eigenvalue weighted by Gasteiger charge is 2.25. The summed E-state index contributed by atoms with van der Waals surface area (Å²) in [6, 6.07) is 79.2. The van der Waals surface area contributed by atoms with E-state index < -0.39 is 0 Å². The summed E-state index contributed by atoms with van der Waals surface area (Å²) in [5.41, 5.74) is 12.1. The fourth-order valence-electron chi connectivity index (χ4n) is 11.4. The monoisotopic (exact) mass is 919 g/mol. The number of para-hydroxylation sites is 4. The molecule has 16 rings (SSSR count). The lowest BCUT2D eigenvalue weighted by molar-refractivity contribution is 0.668. The van der Waals surface area contributed by atoms with Gasteiger partial charge in [0.15, 0.2) is 17.5 Å². The SMILES string of the molecule is c1ccc(-n2c3ccccc3c3cc(-c4nc(-c5ccc6c(c5)oc5ccccc56)nc(-c5cc6c(cc5-n5c7cc8ccccc8cc7c7ccc8ccccc8c75)oc5ccccc56)n4)ccc32)cc1. The first-order chi connectivity index (χ1) is 35.7. The Hall–Kier alpha value is -9.85. The first kappa shape index (κ1) is 39.0. The molecular formula is C65H37N5O2. The summed E-state index contributed by atoms with van der Waals surface area (Å²) < 4.78 is 18.0. The summed E-state index contributed by atoms with van der Waals surface area (Å²) >= 11 is 0. The number of nitrogens with zero attached hydrogens (tertiary/aromatic N) is 5. The van der Waals surface area contributed by atoms with Gasteiger partial charge in [-0.1, -0.05) is 140 Å². The van der Waals surface area contributed by atoms with Gasteiger partial charge in [-0.05, 0) is 95.0 Å². The van der Waals surface area contributed by atoms with E-state index >= 15 is 0 Å². The maximum absolute atomic E-state index is 6.75. The van der Waals surface area contributed by atoms with Gasteiger partial charge < -0.3 is 18.0 Å². The first-order valence-corrected chi connectivity index (χ1v) is 24.2. The smallest absolute Gasteiger partial charge is 0.166 e. The topological polar surface area (TPSA) is 74.8 Å². The van der Waals surface area contributed by atoms with Crippen LogP contribution in [0.15, 0.2) is 233 Å².